The van der Waals surface area contributed by atoms with Crippen molar-refractivity contribution in [1.82, 2.24) is 0 Å². The number of ether oxygens (including phenoxy) is 4. The average molecular weight is 897 g/mol. The van der Waals surface area contributed by atoms with E-state index in [9.17, 15) is 19.5 Å². The topological polar surface area (TPSA) is 108 Å². The van der Waals surface area contributed by atoms with Gasteiger partial charge in [-0.25, -0.2) is 4.79 Å². The van der Waals surface area contributed by atoms with Gasteiger partial charge >= 0.3 is 17.9 Å². The predicted octanol–water partition coefficient (Wildman–Crippen LogP) is 14.1. The maximum absolute atomic E-state index is 12.8. The van der Waals surface area contributed by atoms with Crippen molar-refractivity contribution in [2.75, 3.05) is 47.5 Å². The first-order valence-corrected chi connectivity index (χ1v) is 25.3. The van der Waals surface area contributed by atoms with E-state index in [4.69, 9.17) is 18.9 Å². The van der Waals surface area contributed by atoms with Gasteiger partial charge in [-0.3, -0.25) is 9.59 Å². The summed E-state index contributed by atoms with van der Waals surface area (Å²) in [5, 5.41) is 9.65. The summed E-state index contributed by atoms with van der Waals surface area (Å²) in [6.45, 7) is 4.72. The fraction of sp³-hybridized carbons (Fsp3) is 0.691. The number of rotatable bonds is 45. The summed E-state index contributed by atoms with van der Waals surface area (Å²) in [6.07, 6.45) is 56.5. The molecule has 9 heteroatoms. The molecule has 0 aliphatic carbocycles. The molecule has 0 aliphatic rings. The maximum Gasteiger partial charge on any atom is 0.361 e. The van der Waals surface area contributed by atoms with Crippen LogP contribution in [-0.4, -0.2) is 87.4 Å². The Labute approximate surface area is 391 Å². The predicted molar refractivity (Wildman–Crippen MR) is 267 cm³/mol. The van der Waals surface area contributed by atoms with Crippen LogP contribution in [0.4, 0.5) is 0 Å². The number of carboxylic acids is 1. The van der Waals surface area contributed by atoms with Gasteiger partial charge in [0.05, 0.1) is 34.4 Å². The monoisotopic (exact) mass is 897 g/mol. The number of carbonyl (C=O) groups excluding carboxylic acids is 2. The van der Waals surface area contributed by atoms with Gasteiger partial charge in [-0.05, 0) is 70.6 Å². The zero-order valence-electron chi connectivity index (χ0n) is 41.4. The van der Waals surface area contributed by atoms with Crippen LogP contribution < -0.4 is 0 Å². The Kier molecular flexibility index (Phi) is 43.5. The van der Waals surface area contributed by atoms with Crippen LogP contribution in [0.1, 0.15) is 187 Å². The van der Waals surface area contributed by atoms with Crippen LogP contribution >= 0.6 is 0 Å². The first-order valence-electron chi connectivity index (χ1n) is 25.3. The Hall–Kier alpha value is -3.53. The smallest absolute Gasteiger partial charge is 0.361 e. The lowest BCUT2D eigenvalue weighted by Crippen LogP contribution is -2.40. The van der Waals surface area contributed by atoms with E-state index in [2.05, 4.69) is 98.9 Å². The van der Waals surface area contributed by atoms with E-state index in [1.807, 2.05) is 21.1 Å². The Morgan fingerprint density at radius 2 is 0.891 bits per heavy atom. The molecular formula is C55H94NO8+. The molecule has 0 aromatic rings. The Morgan fingerprint density at radius 1 is 0.484 bits per heavy atom. The fourth-order valence-electron chi connectivity index (χ4n) is 6.52. The Bertz CT molecular complexity index is 1320. The summed E-state index contributed by atoms with van der Waals surface area (Å²) in [5.74, 6) is -2.04. The lowest BCUT2D eigenvalue weighted by Gasteiger charge is -2.25. The third-order valence-corrected chi connectivity index (χ3v) is 10.4. The largest absolute Gasteiger partial charge is 0.477 e. The first kappa shape index (κ1) is 60.5. The summed E-state index contributed by atoms with van der Waals surface area (Å²) >= 11 is 0. The minimum atomic E-state index is -1.52. The molecule has 0 bridgehead atoms. The lowest BCUT2D eigenvalue weighted by molar-refractivity contribution is -0.870. The van der Waals surface area contributed by atoms with Crippen LogP contribution in [0.3, 0.4) is 0 Å². The highest BCUT2D eigenvalue weighted by molar-refractivity contribution is 5.71. The molecule has 0 rings (SSSR count). The highest BCUT2D eigenvalue weighted by atomic mass is 16.7. The molecule has 0 aromatic carbocycles. The number of hydrogen-bond acceptors (Lipinski definition) is 7. The molecule has 0 saturated carbocycles. The number of hydrogen-bond donors (Lipinski definition) is 1. The van der Waals surface area contributed by atoms with Gasteiger partial charge in [0.25, 0.3) is 6.29 Å². The van der Waals surface area contributed by atoms with Gasteiger partial charge in [-0.15, -0.1) is 0 Å². The molecule has 0 saturated heterocycles. The number of likely N-dealkylation sites (N-methyl/N-ethyl adjacent to an activating group) is 1. The van der Waals surface area contributed by atoms with Gasteiger partial charge in [0.1, 0.15) is 13.2 Å². The zero-order chi connectivity index (χ0) is 47.0. The number of carboxylic acid groups (broad SMARTS) is 1. The summed E-state index contributed by atoms with van der Waals surface area (Å²) in [6, 6.07) is 0. The normalized spacial score (nSPS) is 13.6. The lowest BCUT2D eigenvalue weighted by atomic mass is 10.0. The van der Waals surface area contributed by atoms with E-state index >= 15 is 0 Å². The molecule has 9 nitrogen and oxygen atoms in total. The van der Waals surface area contributed by atoms with E-state index in [1.165, 1.54) is 57.8 Å². The SMILES string of the molecule is CC/C=C\C/C=C\C/C=C\C/C=C\C/C=C\C/C=C\C/C=C\CCCCCCCC(=O)OC(COC(=O)CCCCCCCCCCCCCC)COC(OCC[N+](C)(C)C)C(=O)O. The molecular weight excluding hydrogens is 803 g/mol. The van der Waals surface area contributed by atoms with Crippen molar-refractivity contribution in [2.24, 2.45) is 0 Å². The van der Waals surface area contributed by atoms with Gasteiger partial charge in [-0.2, -0.15) is 0 Å². The Balaban J connectivity index is 4.37. The number of aliphatic carboxylic acids is 1. The molecule has 1 N–H and O–H groups in total. The average Bonchev–Trinajstić information content (AvgIpc) is 3.26. The number of allylic oxidation sites excluding steroid dienone is 14. The van der Waals surface area contributed by atoms with Crippen molar-refractivity contribution in [3.05, 3.63) is 85.1 Å². The van der Waals surface area contributed by atoms with Gasteiger partial charge in [0.2, 0.25) is 0 Å². The molecule has 0 aliphatic heterocycles. The van der Waals surface area contributed by atoms with Crippen molar-refractivity contribution >= 4 is 17.9 Å². The number of nitrogens with zero attached hydrogens (tertiary/aromatic N) is 1. The quantitative estimate of drug-likeness (QED) is 0.0212. The summed E-state index contributed by atoms with van der Waals surface area (Å²) in [7, 11) is 5.94. The van der Waals surface area contributed by atoms with Crippen molar-refractivity contribution in [3.8, 4) is 0 Å². The molecule has 64 heavy (non-hydrogen) atoms. The molecule has 0 aromatic heterocycles. The standard InChI is InChI=1S/C55H93NO8/c1-6-8-10-12-14-16-18-20-21-22-23-24-25-26-27-28-29-30-31-32-33-34-36-38-40-42-44-46-53(58)64-51(50-63-55(54(59)60)61-48-47-56(3,4)5)49-62-52(57)45-43-41-39-37-35-19-17-15-13-11-9-7-2/h8,10,14,16,20-21,23-24,26-27,29-30,32-33,51,55H,6-7,9,11-13,15,17-19,22,25,28,31,34-50H2,1-5H3/p+1/b10-8-,16-14-,21-20-,24-23-,27-26-,30-29-,33-32-. The summed E-state index contributed by atoms with van der Waals surface area (Å²) in [4.78, 5) is 37.2. The van der Waals surface area contributed by atoms with Crippen LogP contribution in [0.2, 0.25) is 0 Å². The third-order valence-electron chi connectivity index (χ3n) is 10.4. The van der Waals surface area contributed by atoms with Crippen LogP contribution in [-0.2, 0) is 33.3 Å². The van der Waals surface area contributed by atoms with Crippen LogP contribution in [0.25, 0.3) is 0 Å². The van der Waals surface area contributed by atoms with Crippen LogP contribution in [0.15, 0.2) is 85.1 Å². The molecule has 366 valence electrons. The van der Waals surface area contributed by atoms with E-state index in [0.717, 1.165) is 96.3 Å². The molecule has 0 amide bonds. The molecule has 0 heterocycles. The second kappa shape index (κ2) is 46.0. The second-order valence-corrected chi connectivity index (χ2v) is 17.8. The van der Waals surface area contributed by atoms with Crippen LogP contribution in [0.5, 0.6) is 0 Å². The summed E-state index contributed by atoms with van der Waals surface area (Å²) < 4.78 is 22.7. The first-order chi connectivity index (χ1) is 31.1. The highest BCUT2D eigenvalue weighted by Gasteiger charge is 2.25. The van der Waals surface area contributed by atoms with Crippen molar-refractivity contribution in [3.63, 3.8) is 0 Å². The second-order valence-electron chi connectivity index (χ2n) is 17.8. The molecule has 0 spiro atoms. The van der Waals surface area contributed by atoms with Gasteiger partial charge in [0, 0.05) is 12.8 Å². The van der Waals surface area contributed by atoms with Gasteiger partial charge < -0.3 is 28.5 Å². The van der Waals surface area contributed by atoms with Gasteiger partial charge in [-0.1, -0.05) is 189 Å². The third kappa shape index (κ3) is 46.5. The maximum atomic E-state index is 12.8. The van der Waals surface area contributed by atoms with Crippen molar-refractivity contribution in [2.45, 2.75) is 200 Å². The van der Waals surface area contributed by atoms with Crippen LogP contribution in [0, 0.1) is 0 Å². The van der Waals surface area contributed by atoms with Crippen molar-refractivity contribution in [1.29, 1.82) is 0 Å². The minimum Gasteiger partial charge on any atom is -0.477 e. The number of carbonyl (C=O) groups is 3. The molecule has 0 fully saturated rings. The van der Waals surface area contributed by atoms with Crippen molar-refractivity contribution < 1.29 is 42.9 Å². The minimum absolute atomic E-state index is 0.180. The van der Waals surface area contributed by atoms with E-state index in [1.54, 1.807) is 0 Å². The summed E-state index contributed by atoms with van der Waals surface area (Å²) in [5.41, 5.74) is 0. The molecule has 2 atom stereocenters. The highest BCUT2D eigenvalue weighted by Crippen LogP contribution is 2.14. The molecule has 2 unspecified atom stereocenters. The zero-order valence-corrected chi connectivity index (χ0v) is 41.4. The fourth-order valence-corrected chi connectivity index (χ4v) is 6.52. The number of unbranched alkanes of at least 4 members (excludes halogenated alkanes) is 16. The van der Waals surface area contributed by atoms with E-state index in [0.29, 0.717) is 23.9 Å². The van der Waals surface area contributed by atoms with Gasteiger partial charge in [0.15, 0.2) is 6.10 Å². The van der Waals surface area contributed by atoms with E-state index in [-0.39, 0.29) is 32.2 Å². The van der Waals surface area contributed by atoms with E-state index < -0.39 is 24.3 Å². The Morgan fingerprint density at radius 3 is 1.33 bits per heavy atom. The number of esters is 2. The number of quaternary nitrogens is 1. The molecule has 0 radical (unpaired) electrons.